The molecule has 0 saturated carbocycles. The Morgan fingerprint density at radius 3 is 2.08 bits per heavy atom. The van der Waals surface area contributed by atoms with Crippen molar-refractivity contribution in [2.75, 3.05) is 6.26 Å². The van der Waals surface area contributed by atoms with Crippen LogP contribution < -0.4 is 0 Å². The van der Waals surface area contributed by atoms with Crippen LogP contribution in [0.3, 0.4) is 0 Å². The van der Waals surface area contributed by atoms with E-state index in [4.69, 9.17) is 0 Å². The number of aliphatic hydroxyl groups is 1. The van der Waals surface area contributed by atoms with Crippen LogP contribution in [-0.4, -0.2) is 20.5 Å². The lowest BCUT2D eigenvalue weighted by Crippen LogP contribution is -2.36. The monoisotopic (exact) mass is 200 g/mol. The number of hydrogen-bond acceptors (Lipinski definition) is 2. The minimum atomic E-state index is -2.67. The molecular formula is C10H16O2S. The van der Waals surface area contributed by atoms with Gasteiger partial charge in [0.15, 0.2) is 0 Å². The smallest absolute Gasteiger partial charge is 0.115 e. The first kappa shape index (κ1) is 10.4. The average molecular weight is 200 g/mol. The van der Waals surface area contributed by atoms with Crippen molar-refractivity contribution in [2.24, 2.45) is 0 Å². The highest BCUT2D eigenvalue weighted by molar-refractivity contribution is 8.03. The highest BCUT2D eigenvalue weighted by Gasteiger charge is 2.29. The molecule has 1 N–H and O–H groups in total. The molecule has 0 radical (unpaired) electrons. The van der Waals surface area contributed by atoms with Crippen molar-refractivity contribution in [3.63, 3.8) is 0 Å². The summed E-state index contributed by atoms with van der Waals surface area (Å²) in [6.07, 6.45) is 1.61. The van der Waals surface area contributed by atoms with Crippen LogP contribution in [0, 0.1) is 0 Å². The van der Waals surface area contributed by atoms with Gasteiger partial charge in [0.1, 0.15) is 4.93 Å². The van der Waals surface area contributed by atoms with Crippen molar-refractivity contribution < 1.29 is 9.32 Å². The summed E-state index contributed by atoms with van der Waals surface area (Å²) in [4.78, 5) is -0.420. The van der Waals surface area contributed by atoms with Crippen molar-refractivity contribution in [1.29, 1.82) is 0 Å². The third-order valence-corrected chi connectivity index (χ3v) is 5.67. The Balaban J connectivity index is 3.17. The molecule has 0 spiro atoms. The van der Waals surface area contributed by atoms with Gasteiger partial charge in [0.25, 0.3) is 0 Å². The lowest BCUT2D eigenvalue weighted by molar-refractivity contribution is 0.169. The number of thiol groups is 1. The van der Waals surface area contributed by atoms with Crippen molar-refractivity contribution >= 4 is 9.93 Å². The van der Waals surface area contributed by atoms with Gasteiger partial charge in [-0.1, -0.05) is 28.1 Å². The Bertz CT molecular complexity index is 325. The van der Waals surface area contributed by atoms with Gasteiger partial charge in [-0.15, -0.1) is 0 Å². The summed E-state index contributed by atoms with van der Waals surface area (Å²) in [7, 11) is -2.67. The van der Waals surface area contributed by atoms with E-state index in [2.05, 4.69) is 0 Å². The van der Waals surface area contributed by atoms with E-state index in [1.807, 2.05) is 18.2 Å². The molecule has 1 aromatic carbocycles. The summed E-state index contributed by atoms with van der Waals surface area (Å²) < 4.78 is 12.2. The van der Waals surface area contributed by atoms with E-state index in [0.717, 1.165) is 4.90 Å². The van der Waals surface area contributed by atoms with Crippen LogP contribution in [0.2, 0.25) is 0 Å². The Morgan fingerprint density at radius 1 is 1.23 bits per heavy atom. The summed E-state index contributed by atoms with van der Waals surface area (Å²) >= 11 is 0. The van der Waals surface area contributed by atoms with Gasteiger partial charge in [0.2, 0.25) is 0 Å². The minimum Gasteiger partial charge on any atom is -0.379 e. The predicted molar refractivity (Wildman–Crippen MR) is 56.5 cm³/mol. The van der Waals surface area contributed by atoms with Crippen molar-refractivity contribution in [3.8, 4) is 0 Å². The number of rotatable bonds is 2. The summed E-state index contributed by atoms with van der Waals surface area (Å²) in [5.41, 5.74) is 0. The van der Waals surface area contributed by atoms with Gasteiger partial charge >= 0.3 is 0 Å². The van der Waals surface area contributed by atoms with Gasteiger partial charge in [-0.05, 0) is 32.2 Å². The molecule has 0 aromatic heterocycles. The quantitative estimate of drug-likeness (QED) is 0.708. The standard InChI is InChI=1S/C10H16O2S/c1-10(2,11)13(3,12)9-7-5-4-6-8-9/h4-8,11,13H,1-3H3. The van der Waals surface area contributed by atoms with E-state index in [9.17, 15) is 9.32 Å². The summed E-state index contributed by atoms with van der Waals surface area (Å²) in [6.45, 7) is 3.17. The molecular weight excluding hydrogens is 184 g/mol. The van der Waals surface area contributed by atoms with Crippen LogP contribution in [0.15, 0.2) is 35.2 Å². The summed E-state index contributed by atoms with van der Waals surface area (Å²) in [5.74, 6) is 0. The molecule has 0 aliphatic heterocycles. The molecule has 0 bridgehead atoms. The lowest BCUT2D eigenvalue weighted by atomic mass is 10.4. The maximum absolute atomic E-state index is 12.2. The van der Waals surface area contributed by atoms with Crippen LogP contribution in [-0.2, 0) is 9.93 Å². The van der Waals surface area contributed by atoms with E-state index < -0.39 is 14.9 Å². The molecule has 0 fully saturated rings. The summed E-state index contributed by atoms with van der Waals surface area (Å²) in [5, 5.41) is 9.74. The van der Waals surface area contributed by atoms with Crippen LogP contribution in [0.5, 0.6) is 0 Å². The fourth-order valence-electron chi connectivity index (χ4n) is 1.03. The molecule has 1 aromatic rings. The highest BCUT2D eigenvalue weighted by Crippen LogP contribution is 2.27. The lowest BCUT2D eigenvalue weighted by Gasteiger charge is -2.31. The third kappa shape index (κ3) is 1.98. The van der Waals surface area contributed by atoms with E-state index >= 15 is 0 Å². The van der Waals surface area contributed by atoms with Gasteiger partial charge in [-0.2, -0.15) is 0 Å². The second kappa shape index (κ2) is 3.24. The molecule has 0 aliphatic rings. The van der Waals surface area contributed by atoms with Crippen LogP contribution in [0.1, 0.15) is 13.8 Å². The predicted octanol–water partition coefficient (Wildman–Crippen LogP) is 1.42. The first-order valence-corrected chi connectivity index (χ1v) is 6.37. The average Bonchev–Trinajstić information content (AvgIpc) is 2.04. The van der Waals surface area contributed by atoms with Gasteiger partial charge in [0.05, 0.1) is 0 Å². The fraction of sp³-hybridized carbons (Fsp3) is 0.400. The fourth-order valence-corrected chi connectivity index (χ4v) is 2.40. The molecule has 0 amide bonds. The van der Waals surface area contributed by atoms with Crippen molar-refractivity contribution in [1.82, 2.24) is 0 Å². The number of benzene rings is 1. The molecule has 3 heteroatoms. The zero-order chi connectivity index (χ0) is 10.1. The first-order valence-electron chi connectivity index (χ1n) is 4.21. The van der Waals surface area contributed by atoms with Crippen LogP contribution in [0.25, 0.3) is 0 Å². The second-order valence-corrected chi connectivity index (χ2v) is 7.21. The van der Waals surface area contributed by atoms with Gasteiger partial charge < -0.3 is 5.11 Å². The molecule has 0 atom stereocenters. The van der Waals surface area contributed by atoms with Gasteiger partial charge in [-0.25, -0.2) is 0 Å². The molecule has 0 unspecified atom stereocenters. The van der Waals surface area contributed by atoms with Crippen LogP contribution >= 0.6 is 0 Å². The topological polar surface area (TPSA) is 37.3 Å². The molecule has 1 rings (SSSR count). The van der Waals surface area contributed by atoms with E-state index in [1.54, 1.807) is 32.2 Å². The Kier molecular flexibility index (Phi) is 2.59. The SMILES string of the molecule is CC(C)(O)[SH](C)(=O)c1ccccc1. The Labute approximate surface area is 80.0 Å². The van der Waals surface area contributed by atoms with Crippen molar-refractivity contribution in [3.05, 3.63) is 30.3 Å². The van der Waals surface area contributed by atoms with E-state index in [1.165, 1.54) is 0 Å². The largest absolute Gasteiger partial charge is 0.379 e. The number of hydrogen-bond donors (Lipinski definition) is 2. The molecule has 0 heterocycles. The van der Waals surface area contributed by atoms with Gasteiger partial charge in [0, 0.05) is 4.90 Å². The first-order chi connectivity index (χ1) is 5.86. The van der Waals surface area contributed by atoms with Crippen LogP contribution in [0.4, 0.5) is 0 Å². The van der Waals surface area contributed by atoms with Gasteiger partial charge in [-0.3, -0.25) is 4.21 Å². The maximum atomic E-state index is 12.2. The normalized spacial score (nSPS) is 14.2. The second-order valence-electron chi connectivity index (χ2n) is 3.75. The zero-order valence-electron chi connectivity index (χ0n) is 8.19. The molecule has 74 valence electrons. The maximum Gasteiger partial charge on any atom is 0.115 e. The minimum absolute atomic E-state index is 0.725. The highest BCUT2D eigenvalue weighted by atomic mass is 32.2. The third-order valence-electron chi connectivity index (χ3n) is 2.29. The zero-order valence-corrected chi connectivity index (χ0v) is 9.08. The van der Waals surface area contributed by atoms with E-state index in [-0.39, 0.29) is 0 Å². The Hall–Kier alpha value is -0.670. The molecule has 0 saturated heterocycles. The molecule has 0 aliphatic carbocycles. The summed E-state index contributed by atoms with van der Waals surface area (Å²) in [6, 6.07) is 9.11. The Morgan fingerprint density at radius 2 is 1.69 bits per heavy atom. The molecule has 2 nitrogen and oxygen atoms in total. The van der Waals surface area contributed by atoms with Crippen molar-refractivity contribution in [2.45, 2.75) is 23.7 Å². The van der Waals surface area contributed by atoms with E-state index in [0.29, 0.717) is 0 Å². The molecule has 13 heavy (non-hydrogen) atoms.